The van der Waals surface area contributed by atoms with Crippen LogP contribution in [0.25, 0.3) is 11.1 Å². The molecule has 1 saturated heterocycles. The van der Waals surface area contributed by atoms with Gasteiger partial charge in [0.2, 0.25) is 0 Å². The molecular weight excluding hydrogens is 338 g/mol. The molecule has 1 aliphatic rings. The Morgan fingerprint density at radius 1 is 1.22 bits per heavy atom. The Labute approximate surface area is 160 Å². The van der Waals surface area contributed by atoms with Gasteiger partial charge in [0.1, 0.15) is 0 Å². The third-order valence-electron chi connectivity index (χ3n) is 4.91. The van der Waals surface area contributed by atoms with Gasteiger partial charge in [-0.25, -0.2) is 0 Å². The molecule has 1 N–H and O–H groups in total. The maximum absolute atomic E-state index is 12.9. The Kier molecular flexibility index (Phi) is 5.59. The van der Waals surface area contributed by atoms with Crippen LogP contribution in [-0.2, 0) is 0 Å². The lowest BCUT2D eigenvalue weighted by atomic mass is 9.92. The summed E-state index contributed by atoms with van der Waals surface area (Å²) in [6, 6.07) is 17.0. The second-order valence-corrected chi connectivity index (χ2v) is 7.56. The predicted molar refractivity (Wildman–Crippen MR) is 105 cm³/mol. The van der Waals surface area contributed by atoms with Crippen molar-refractivity contribution >= 4 is 5.91 Å². The number of aliphatic hydroxyl groups is 1. The van der Waals surface area contributed by atoms with Crippen LogP contribution >= 0.6 is 0 Å². The standard InChI is InChI=1S/C22H25N3O2/c1-24(2)15-22(27)11-4-12-25(16-22)21(26)19-9-7-18(8-10-19)20-6-3-5-17(13-20)14-23/h3,5-10,13,27H,4,11-12,15-16H2,1-2H3/t22-/m0/s1. The van der Waals surface area contributed by atoms with E-state index >= 15 is 0 Å². The van der Waals surface area contributed by atoms with Gasteiger partial charge < -0.3 is 14.9 Å². The summed E-state index contributed by atoms with van der Waals surface area (Å²) >= 11 is 0. The van der Waals surface area contributed by atoms with Crippen LogP contribution in [0.1, 0.15) is 28.8 Å². The fourth-order valence-electron chi connectivity index (χ4n) is 3.76. The number of carbonyl (C=O) groups excluding carboxylic acids is 1. The molecule has 1 heterocycles. The highest BCUT2D eigenvalue weighted by Gasteiger charge is 2.35. The number of hydrogen-bond acceptors (Lipinski definition) is 4. The Hall–Kier alpha value is -2.68. The van der Waals surface area contributed by atoms with Crippen LogP contribution in [0.4, 0.5) is 0 Å². The molecule has 1 aliphatic heterocycles. The Morgan fingerprint density at radius 2 is 1.96 bits per heavy atom. The number of carbonyl (C=O) groups is 1. The molecule has 1 fully saturated rings. The zero-order chi connectivity index (χ0) is 19.4. The quantitative estimate of drug-likeness (QED) is 0.907. The van der Waals surface area contributed by atoms with Crippen LogP contribution in [-0.4, -0.2) is 60.1 Å². The SMILES string of the molecule is CN(C)C[C@@]1(O)CCCN(C(=O)c2ccc(-c3cccc(C#N)c3)cc2)C1. The molecule has 2 aromatic carbocycles. The summed E-state index contributed by atoms with van der Waals surface area (Å²) < 4.78 is 0. The van der Waals surface area contributed by atoms with Crippen molar-refractivity contribution in [2.75, 3.05) is 33.7 Å². The van der Waals surface area contributed by atoms with Gasteiger partial charge in [0.05, 0.1) is 23.8 Å². The first-order valence-electron chi connectivity index (χ1n) is 9.17. The number of piperidine rings is 1. The van der Waals surface area contributed by atoms with Gasteiger partial charge in [0, 0.05) is 18.7 Å². The molecule has 0 aliphatic carbocycles. The van der Waals surface area contributed by atoms with E-state index in [0.29, 0.717) is 37.2 Å². The van der Waals surface area contributed by atoms with Gasteiger partial charge >= 0.3 is 0 Å². The summed E-state index contributed by atoms with van der Waals surface area (Å²) in [5.74, 6) is -0.0517. The largest absolute Gasteiger partial charge is 0.387 e. The first-order chi connectivity index (χ1) is 12.9. The normalized spacial score (nSPS) is 19.7. The van der Waals surface area contributed by atoms with E-state index in [9.17, 15) is 9.90 Å². The lowest BCUT2D eigenvalue weighted by Gasteiger charge is -2.40. The second kappa shape index (κ2) is 7.91. The smallest absolute Gasteiger partial charge is 0.253 e. The number of rotatable bonds is 4. The van der Waals surface area contributed by atoms with Crippen molar-refractivity contribution < 1.29 is 9.90 Å². The number of hydrogen-bond donors (Lipinski definition) is 1. The van der Waals surface area contributed by atoms with E-state index in [1.54, 1.807) is 11.0 Å². The number of amides is 1. The van der Waals surface area contributed by atoms with Crippen LogP contribution in [0, 0.1) is 11.3 Å². The number of β-amino-alcohol motifs (C(OH)–C–C–N with tert-alkyl or cyclic N) is 1. The number of nitriles is 1. The maximum atomic E-state index is 12.9. The van der Waals surface area contributed by atoms with Gasteiger partial charge in [0.15, 0.2) is 0 Å². The summed E-state index contributed by atoms with van der Waals surface area (Å²) in [7, 11) is 3.86. The number of benzene rings is 2. The number of nitrogens with zero attached hydrogens (tertiary/aromatic N) is 3. The lowest BCUT2D eigenvalue weighted by Crippen LogP contribution is -2.54. The highest BCUT2D eigenvalue weighted by molar-refractivity contribution is 5.94. The second-order valence-electron chi connectivity index (χ2n) is 7.56. The minimum absolute atomic E-state index is 0.0517. The molecule has 0 saturated carbocycles. The fourth-order valence-corrected chi connectivity index (χ4v) is 3.76. The van der Waals surface area contributed by atoms with Crippen molar-refractivity contribution in [1.29, 1.82) is 5.26 Å². The Morgan fingerprint density at radius 3 is 2.63 bits per heavy atom. The molecule has 0 unspecified atom stereocenters. The van der Waals surface area contributed by atoms with Gasteiger partial charge in [-0.1, -0.05) is 24.3 Å². The molecule has 1 amide bonds. The molecule has 0 aromatic heterocycles. The van der Waals surface area contributed by atoms with E-state index < -0.39 is 5.60 Å². The molecule has 3 rings (SSSR count). The fraction of sp³-hybridized carbons (Fsp3) is 0.364. The minimum atomic E-state index is -0.852. The summed E-state index contributed by atoms with van der Waals surface area (Å²) in [6.07, 6.45) is 1.51. The van der Waals surface area contributed by atoms with Crippen LogP contribution in [0.5, 0.6) is 0 Å². The first-order valence-corrected chi connectivity index (χ1v) is 9.17. The van der Waals surface area contributed by atoms with Crippen LogP contribution in [0.3, 0.4) is 0 Å². The summed E-state index contributed by atoms with van der Waals surface area (Å²) in [5.41, 5.74) is 2.29. The van der Waals surface area contributed by atoms with E-state index in [4.69, 9.17) is 5.26 Å². The van der Waals surface area contributed by atoms with E-state index in [-0.39, 0.29) is 5.91 Å². The Bertz CT molecular complexity index is 855. The van der Waals surface area contributed by atoms with E-state index in [0.717, 1.165) is 17.5 Å². The highest BCUT2D eigenvalue weighted by Crippen LogP contribution is 2.25. The Balaban J connectivity index is 1.75. The molecule has 2 aromatic rings. The van der Waals surface area contributed by atoms with Crippen molar-refractivity contribution in [3.8, 4) is 17.2 Å². The van der Waals surface area contributed by atoms with Gasteiger partial charge in [-0.2, -0.15) is 5.26 Å². The van der Waals surface area contributed by atoms with Gasteiger partial charge in [-0.15, -0.1) is 0 Å². The van der Waals surface area contributed by atoms with Crippen LogP contribution < -0.4 is 0 Å². The summed E-state index contributed by atoms with van der Waals surface area (Å²) in [6.45, 7) is 1.57. The highest BCUT2D eigenvalue weighted by atomic mass is 16.3. The van der Waals surface area contributed by atoms with E-state index in [1.165, 1.54) is 0 Å². The van der Waals surface area contributed by atoms with Gasteiger partial charge in [-0.05, 0) is 62.3 Å². The average molecular weight is 363 g/mol. The zero-order valence-electron chi connectivity index (χ0n) is 15.9. The van der Waals surface area contributed by atoms with Crippen molar-refractivity contribution in [3.05, 3.63) is 59.7 Å². The van der Waals surface area contributed by atoms with Gasteiger partial charge in [-0.3, -0.25) is 4.79 Å². The van der Waals surface area contributed by atoms with Crippen molar-refractivity contribution in [1.82, 2.24) is 9.80 Å². The monoisotopic (exact) mass is 363 g/mol. The van der Waals surface area contributed by atoms with Gasteiger partial charge in [0.25, 0.3) is 5.91 Å². The summed E-state index contributed by atoms with van der Waals surface area (Å²) in [5, 5.41) is 19.8. The number of likely N-dealkylation sites (N-methyl/N-ethyl adjacent to an activating group) is 1. The lowest BCUT2D eigenvalue weighted by molar-refractivity contribution is -0.0391. The molecular formula is C22H25N3O2. The molecule has 5 nitrogen and oxygen atoms in total. The first kappa shape index (κ1) is 19.1. The topological polar surface area (TPSA) is 67.6 Å². The average Bonchev–Trinajstić information content (AvgIpc) is 2.66. The third kappa shape index (κ3) is 4.54. The van der Waals surface area contributed by atoms with Crippen molar-refractivity contribution in [2.24, 2.45) is 0 Å². The zero-order valence-corrected chi connectivity index (χ0v) is 15.9. The van der Waals surface area contributed by atoms with E-state index in [1.807, 2.05) is 61.5 Å². The molecule has 5 heteroatoms. The minimum Gasteiger partial charge on any atom is -0.387 e. The molecule has 0 radical (unpaired) electrons. The molecule has 0 bridgehead atoms. The maximum Gasteiger partial charge on any atom is 0.253 e. The molecule has 1 atom stereocenters. The van der Waals surface area contributed by atoms with Crippen molar-refractivity contribution in [2.45, 2.75) is 18.4 Å². The predicted octanol–water partition coefficient (Wildman–Crippen LogP) is 2.75. The number of likely N-dealkylation sites (tertiary alicyclic amines) is 1. The molecule has 27 heavy (non-hydrogen) atoms. The summed E-state index contributed by atoms with van der Waals surface area (Å²) in [4.78, 5) is 16.6. The van der Waals surface area contributed by atoms with Crippen LogP contribution in [0.2, 0.25) is 0 Å². The third-order valence-corrected chi connectivity index (χ3v) is 4.91. The molecule has 140 valence electrons. The molecule has 0 spiro atoms. The van der Waals surface area contributed by atoms with Crippen molar-refractivity contribution in [3.63, 3.8) is 0 Å². The van der Waals surface area contributed by atoms with E-state index in [2.05, 4.69) is 6.07 Å². The van der Waals surface area contributed by atoms with Crippen LogP contribution in [0.15, 0.2) is 48.5 Å².